The molecule has 1 fully saturated rings. The van der Waals surface area contributed by atoms with Gasteiger partial charge in [0, 0.05) is 25.2 Å². The van der Waals surface area contributed by atoms with E-state index in [1.54, 1.807) is 0 Å². The lowest BCUT2D eigenvalue weighted by molar-refractivity contribution is 0.0950. The van der Waals surface area contributed by atoms with Gasteiger partial charge in [-0.3, -0.25) is 0 Å². The Morgan fingerprint density at radius 2 is 1.81 bits per heavy atom. The van der Waals surface area contributed by atoms with Gasteiger partial charge in [-0.05, 0) is 6.42 Å². The molecule has 32 heavy (non-hydrogen) atoms. The number of hydrogen-bond donors (Lipinski definition) is 2. The molecule has 172 valence electrons. The van der Waals surface area contributed by atoms with Gasteiger partial charge in [0.25, 0.3) is 0 Å². The standard InChI is InChI=1S/C18H16F5N5O3S/c1-32(30,31)27-3-2-11(14(29)7-27)25-18-24-6-13-8(19)5-12(28(13)26-18)15-9(20)4-10(21)16(22)17(15)23/h4-6,11,14,29H,2-3,7H2,1H3,(H,25,26)/t11-,14-/m1/s1. The minimum Gasteiger partial charge on any atom is -0.390 e. The van der Waals surface area contributed by atoms with Gasteiger partial charge in [0.15, 0.2) is 23.3 Å². The second kappa shape index (κ2) is 7.94. The highest BCUT2D eigenvalue weighted by atomic mass is 32.2. The van der Waals surface area contributed by atoms with Gasteiger partial charge in [-0.25, -0.2) is 39.9 Å². The zero-order chi connectivity index (χ0) is 23.4. The summed E-state index contributed by atoms with van der Waals surface area (Å²) in [6.07, 6.45) is 1.08. The maximum absolute atomic E-state index is 14.3. The van der Waals surface area contributed by atoms with Crippen LogP contribution in [0.1, 0.15) is 6.42 Å². The maximum atomic E-state index is 14.3. The van der Waals surface area contributed by atoms with Gasteiger partial charge < -0.3 is 10.4 Å². The molecule has 1 aliphatic rings. The van der Waals surface area contributed by atoms with E-state index in [9.17, 15) is 35.5 Å². The molecule has 0 aliphatic carbocycles. The first kappa shape index (κ1) is 22.4. The first-order valence-electron chi connectivity index (χ1n) is 9.24. The zero-order valence-electron chi connectivity index (χ0n) is 16.4. The summed E-state index contributed by atoms with van der Waals surface area (Å²) in [5, 5.41) is 17.0. The molecule has 1 aromatic carbocycles. The molecule has 3 aromatic rings. The van der Waals surface area contributed by atoms with Crippen molar-refractivity contribution >= 4 is 21.5 Å². The van der Waals surface area contributed by atoms with Crippen molar-refractivity contribution in [2.24, 2.45) is 0 Å². The minimum atomic E-state index is -3.49. The number of halogens is 5. The highest BCUT2D eigenvalue weighted by Crippen LogP contribution is 2.31. The van der Waals surface area contributed by atoms with Gasteiger partial charge in [-0.15, -0.1) is 5.10 Å². The topological polar surface area (TPSA) is 99.8 Å². The molecule has 0 bridgehead atoms. The SMILES string of the molecule is CS(=O)(=O)N1CC[C@@H](Nc2ncc3c(F)cc(-c4c(F)cc(F)c(F)c4F)n3n2)[C@H](O)C1. The fraction of sp³-hybridized carbons (Fsp3) is 0.333. The fourth-order valence-corrected chi connectivity index (χ4v) is 4.40. The number of rotatable bonds is 4. The third-order valence-corrected chi connectivity index (χ3v) is 6.44. The number of aliphatic hydroxyl groups is 1. The average molecular weight is 477 g/mol. The van der Waals surface area contributed by atoms with E-state index >= 15 is 0 Å². The van der Waals surface area contributed by atoms with E-state index in [1.807, 2.05) is 0 Å². The van der Waals surface area contributed by atoms with Gasteiger partial charge in [-0.1, -0.05) is 0 Å². The van der Waals surface area contributed by atoms with Crippen molar-refractivity contribution in [1.82, 2.24) is 18.9 Å². The van der Waals surface area contributed by atoms with Crippen LogP contribution in [0.4, 0.5) is 27.9 Å². The molecule has 0 spiro atoms. The Kier molecular flexibility index (Phi) is 5.55. The van der Waals surface area contributed by atoms with Crippen molar-refractivity contribution in [3.8, 4) is 11.3 Å². The molecule has 8 nitrogen and oxygen atoms in total. The van der Waals surface area contributed by atoms with Crippen molar-refractivity contribution in [3.05, 3.63) is 47.4 Å². The molecule has 0 unspecified atom stereocenters. The summed E-state index contributed by atoms with van der Waals surface area (Å²) in [5.41, 5.74) is -1.83. The summed E-state index contributed by atoms with van der Waals surface area (Å²) in [7, 11) is -3.49. The summed E-state index contributed by atoms with van der Waals surface area (Å²) in [6.45, 7) is -0.0576. The molecule has 0 amide bonds. The van der Waals surface area contributed by atoms with Crippen molar-refractivity contribution < 1.29 is 35.5 Å². The van der Waals surface area contributed by atoms with Crippen LogP contribution in [-0.4, -0.2) is 63.9 Å². The van der Waals surface area contributed by atoms with Gasteiger partial charge in [-0.2, -0.15) is 4.31 Å². The number of aromatic nitrogens is 3. The second-order valence-electron chi connectivity index (χ2n) is 7.33. The van der Waals surface area contributed by atoms with E-state index in [0.29, 0.717) is 6.07 Å². The van der Waals surface area contributed by atoms with E-state index in [-0.39, 0.29) is 37.0 Å². The molecule has 2 aromatic heterocycles. The number of hydrogen-bond acceptors (Lipinski definition) is 6. The lowest BCUT2D eigenvalue weighted by atomic mass is 10.0. The Morgan fingerprint density at radius 1 is 1.09 bits per heavy atom. The number of aliphatic hydroxyl groups excluding tert-OH is 1. The Hall–Kier alpha value is -2.84. The minimum absolute atomic E-state index is 0.116. The summed E-state index contributed by atoms with van der Waals surface area (Å²) in [6, 6.07) is 0.162. The van der Waals surface area contributed by atoms with E-state index in [2.05, 4.69) is 15.4 Å². The van der Waals surface area contributed by atoms with Crippen LogP contribution in [0, 0.1) is 29.1 Å². The molecule has 0 saturated carbocycles. The third-order valence-electron chi connectivity index (χ3n) is 5.17. The Labute approximate surface area is 178 Å². The second-order valence-corrected chi connectivity index (χ2v) is 9.31. The Morgan fingerprint density at radius 3 is 2.47 bits per heavy atom. The largest absolute Gasteiger partial charge is 0.390 e. The summed E-state index contributed by atoms with van der Waals surface area (Å²) in [4.78, 5) is 3.90. The number of sulfonamides is 1. The summed E-state index contributed by atoms with van der Waals surface area (Å²) in [5.74, 6) is -8.11. The number of anilines is 1. The van der Waals surface area contributed by atoms with E-state index in [4.69, 9.17) is 0 Å². The van der Waals surface area contributed by atoms with E-state index in [1.165, 1.54) is 0 Å². The molecule has 2 N–H and O–H groups in total. The highest BCUT2D eigenvalue weighted by Gasteiger charge is 2.32. The maximum Gasteiger partial charge on any atom is 0.241 e. The molecule has 14 heteroatoms. The normalized spacial score (nSPS) is 20.1. The molecule has 0 radical (unpaired) electrons. The van der Waals surface area contributed by atoms with Crippen LogP contribution in [0.15, 0.2) is 18.3 Å². The third kappa shape index (κ3) is 3.89. The van der Waals surface area contributed by atoms with Gasteiger partial charge in [0.05, 0.1) is 35.9 Å². The lowest BCUT2D eigenvalue weighted by Crippen LogP contribution is -2.51. The van der Waals surface area contributed by atoms with E-state index < -0.39 is 62.5 Å². The lowest BCUT2D eigenvalue weighted by Gasteiger charge is -2.34. The first-order valence-corrected chi connectivity index (χ1v) is 11.1. The van der Waals surface area contributed by atoms with Crippen molar-refractivity contribution in [2.75, 3.05) is 24.7 Å². The van der Waals surface area contributed by atoms with Gasteiger partial charge in [0.2, 0.25) is 16.0 Å². The predicted molar refractivity (Wildman–Crippen MR) is 103 cm³/mol. The monoisotopic (exact) mass is 477 g/mol. The Bertz CT molecular complexity index is 1320. The molecular weight excluding hydrogens is 461 g/mol. The number of nitrogens with one attached hydrogen (secondary N) is 1. The van der Waals surface area contributed by atoms with Crippen LogP contribution in [0.25, 0.3) is 16.8 Å². The van der Waals surface area contributed by atoms with Crippen molar-refractivity contribution in [3.63, 3.8) is 0 Å². The first-order chi connectivity index (χ1) is 15.0. The van der Waals surface area contributed by atoms with Gasteiger partial charge >= 0.3 is 0 Å². The molecule has 2 atom stereocenters. The molecule has 1 aliphatic heterocycles. The quantitative estimate of drug-likeness (QED) is 0.338. The molecule has 4 rings (SSSR count). The van der Waals surface area contributed by atoms with Crippen molar-refractivity contribution in [2.45, 2.75) is 18.6 Å². The smallest absolute Gasteiger partial charge is 0.241 e. The number of benzene rings is 1. The summed E-state index contributed by atoms with van der Waals surface area (Å²) < 4.78 is 94.9. The average Bonchev–Trinajstić information content (AvgIpc) is 3.03. The van der Waals surface area contributed by atoms with Crippen LogP contribution in [0.3, 0.4) is 0 Å². The van der Waals surface area contributed by atoms with E-state index in [0.717, 1.165) is 21.3 Å². The van der Waals surface area contributed by atoms with Gasteiger partial charge in [0.1, 0.15) is 11.3 Å². The van der Waals surface area contributed by atoms with Crippen LogP contribution < -0.4 is 5.32 Å². The molecular formula is C18H16F5N5O3S. The molecule has 1 saturated heterocycles. The Balaban J connectivity index is 1.70. The number of β-amino-alcohol motifs (C(OH)–C–C–N with tert-alkyl or cyclic N) is 1. The predicted octanol–water partition coefficient (Wildman–Crippen LogP) is 1.90. The highest BCUT2D eigenvalue weighted by molar-refractivity contribution is 7.88. The zero-order valence-corrected chi connectivity index (χ0v) is 17.2. The summed E-state index contributed by atoms with van der Waals surface area (Å²) >= 11 is 0. The van der Waals surface area contributed by atoms with Crippen LogP contribution >= 0.6 is 0 Å². The fourth-order valence-electron chi connectivity index (χ4n) is 3.54. The van der Waals surface area contributed by atoms with Crippen molar-refractivity contribution in [1.29, 1.82) is 0 Å². The van der Waals surface area contributed by atoms with Crippen LogP contribution in [0.5, 0.6) is 0 Å². The molecule has 3 heterocycles. The number of piperidine rings is 1. The number of fused-ring (bicyclic) bond motifs is 1. The van der Waals surface area contributed by atoms with Crippen LogP contribution in [0.2, 0.25) is 0 Å². The van der Waals surface area contributed by atoms with Crippen LogP contribution in [-0.2, 0) is 10.0 Å². The number of nitrogens with zero attached hydrogens (tertiary/aromatic N) is 4.